The topological polar surface area (TPSA) is 79.3 Å². The molecule has 0 saturated carbocycles. The number of nitrogens with one attached hydrogen (secondary N) is 2. The molecular weight excluding hydrogens is 402 g/mol. The summed E-state index contributed by atoms with van der Waals surface area (Å²) >= 11 is 6.06. The summed E-state index contributed by atoms with van der Waals surface area (Å²) < 4.78 is 1.86. The average Bonchev–Trinajstić information content (AvgIpc) is 3.08. The van der Waals surface area contributed by atoms with Gasteiger partial charge in [0.25, 0.3) is 0 Å². The fourth-order valence-corrected chi connectivity index (χ4v) is 3.82. The summed E-state index contributed by atoms with van der Waals surface area (Å²) in [6.07, 6.45) is 2.86. The fraction of sp³-hybridized carbons (Fsp3) is 0.500. The number of piperidine rings is 1. The van der Waals surface area contributed by atoms with Gasteiger partial charge in [-0.05, 0) is 50.5 Å². The summed E-state index contributed by atoms with van der Waals surface area (Å²) in [6, 6.07) is 7.47. The van der Waals surface area contributed by atoms with Crippen LogP contribution in [0.2, 0.25) is 5.02 Å². The third-order valence-electron chi connectivity index (χ3n) is 5.41. The highest BCUT2D eigenvalue weighted by Gasteiger charge is 2.29. The van der Waals surface area contributed by atoms with Gasteiger partial charge in [0.2, 0.25) is 11.8 Å². The second kappa shape index (κ2) is 9.98. The van der Waals surface area contributed by atoms with E-state index in [2.05, 4.69) is 22.5 Å². The predicted octanol–water partition coefficient (Wildman–Crippen LogP) is 3.93. The number of carbonyl (C=O) groups excluding carboxylic acids is 2. The van der Waals surface area contributed by atoms with E-state index >= 15 is 0 Å². The number of amides is 2. The molecule has 30 heavy (non-hydrogen) atoms. The normalized spacial score (nSPS) is 14.6. The number of aryl methyl sites for hydroxylation is 1. The monoisotopic (exact) mass is 431 g/mol. The van der Waals surface area contributed by atoms with Crippen molar-refractivity contribution in [3.63, 3.8) is 0 Å². The molecule has 1 aliphatic heterocycles. The number of benzene rings is 1. The van der Waals surface area contributed by atoms with E-state index in [4.69, 9.17) is 16.7 Å². The molecule has 1 fully saturated rings. The van der Waals surface area contributed by atoms with Gasteiger partial charge < -0.3 is 15.5 Å². The van der Waals surface area contributed by atoms with Gasteiger partial charge in [-0.15, -0.1) is 0 Å². The van der Waals surface area contributed by atoms with E-state index in [-0.39, 0.29) is 17.7 Å². The number of hydrogen-bond acceptors (Lipinski definition) is 4. The smallest absolute Gasteiger partial charge is 0.224 e. The molecule has 8 heteroatoms. The standard InChI is InChI=1S/C22H30ClN5O2/c1-4-12-24-21(30)16-10-13-27(14-11-16)22-20(25-19(29)5-2)15(3)26-28(22)18-8-6-17(23)7-9-18/h6-9,16H,4-5,10-14H2,1-3H3,(H,24,30)(H,25,29). The summed E-state index contributed by atoms with van der Waals surface area (Å²) in [5.41, 5.74) is 2.35. The van der Waals surface area contributed by atoms with Gasteiger partial charge in [-0.2, -0.15) is 5.10 Å². The highest BCUT2D eigenvalue weighted by atomic mass is 35.5. The molecule has 3 rings (SSSR count). The molecule has 0 radical (unpaired) electrons. The van der Waals surface area contributed by atoms with Crippen LogP contribution in [0.5, 0.6) is 0 Å². The van der Waals surface area contributed by atoms with Gasteiger partial charge in [0, 0.05) is 37.0 Å². The number of nitrogens with zero attached hydrogens (tertiary/aromatic N) is 3. The maximum absolute atomic E-state index is 12.4. The Morgan fingerprint density at radius 1 is 1.17 bits per heavy atom. The van der Waals surface area contributed by atoms with Crippen LogP contribution in [0.1, 0.15) is 45.2 Å². The first kappa shape index (κ1) is 22.2. The number of aromatic nitrogens is 2. The zero-order chi connectivity index (χ0) is 21.7. The molecule has 1 aromatic heterocycles. The molecule has 0 aliphatic carbocycles. The second-order valence-corrected chi connectivity index (χ2v) is 8.06. The zero-order valence-corrected chi connectivity index (χ0v) is 18.6. The van der Waals surface area contributed by atoms with Gasteiger partial charge in [-0.1, -0.05) is 25.4 Å². The van der Waals surface area contributed by atoms with Crippen LogP contribution in [0.15, 0.2) is 24.3 Å². The summed E-state index contributed by atoms with van der Waals surface area (Å²) in [7, 11) is 0. The highest BCUT2D eigenvalue weighted by Crippen LogP contribution is 2.35. The minimum absolute atomic E-state index is 0.0227. The van der Waals surface area contributed by atoms with Crippen molar-refractivity contribution in [3.05, 3.63) is 35.0 Å². The summed E-state index contributed by atoms with van der Waals surface area (Å²) in [4.78, 5) is 26.7. The van der Waals surface area contributed by atoms with Crippen LogP contribution in [-0.2, 0) is 9.59 Å². The van der Waals surface area contributed by atoms with Crippen LogP contribution >= 0.6 is 11.6 Å². The first-order valence-electron chi connectivity index (χ1n) is 10.6. The third kappa shape index (κ3) is 4.95. The molecule has 1 aromatic carbocycles. The lowest BCUT2D eigenvalue weighted by molar-refractivity contribution is -0.125. The Balaban J connectivity index is 1.89. The largest absolute Gasteiger partial charge is 0.356 e. The highest BCUT2D eigenvalue weighted by molar-refractivity contribution is 6.30. The van der Waals surface area contributed by atoms with Crippen molar-refractivity contribution in [3.8, 4) is 5.69 Å². The van der Waals surface area contributed by atoms with Crippen LogP contribution in [0.25, 0.3) is 5.69 Å². The van der Waals surface area contributed by atoms with Gasteiger partial charge in [-0.25, -0.2) is 4.68 Å². The van der Waals surface area contributed by atoms with Crippen LogP contribution in [-0.4, -0.2) is 41.2 Å². The first-order chi connectivity index (χ1) is 14.4. The van der Waals surface area contributed by atoms with Gasteiger partial charge in [-0.3, -0.25) is 9.59 Å². The van der Waals surface area contributed by atoms with E-state index in [1.165, 1.54) is 0 Å². The van der Waals surface area contributed by atoms with Crippen LogP contribution in [0.3, 0.4) is 0 Å². The summed E-state index contributed by atoms with van der Waals surface area (Å²) in [5, 5.41) is 11.4. The third-order valence-corrected chi connectivity index (χ3v) is 5.66. The summed E-state index contributed by atoms with van der Waals surface area (Å²) in [6.45, 7) is 7.93. The van der Waals surface area contributed by atoms with E-state index in [1.54, 1.807) is 0 Å². The minimum Gasteiger partial charge on any atom is -0.356 e. The Morgan fingerprint density at radius 2 is 1.83 bits per heavy atom. The molecule has 2 heterocycles. The van der Waals surface area contributed by atoms with Crippen molar-refractivity contribution >= 4 is 34.9 Å². The Kier molecular flexibility index (Phi) is 7.37. The van der Waals surface area contributed by atoms with Crippen molar-refractivity contribution in [2.24, 2.45) is 5.92 Å². The second-order valence-electron chi connectivity index (χ2n) is 7.63. The predicted molar refractivity (Wildman–Crippen MR) is 120 cm³/mol. The van der Waals surface area contributed by atoms with Crippen molar-refractivity contribution in [1.29, 1.82) is 0 Å². The van der Waals surface area contributed by atoms with Gasteiger partial charge in [0.1, 0.15) is 5.69 Å². The van der Waals surface area contributed by atoms with E-state index in [0.717, 1.165) is 61.8 Å². The molecule has 7 nitrogen and oxygen atoms in total. The van der Waals surface area contributed by atoms with E-state index in [9.17, 15) is 9.59 Å². The molecule has 0 atom stereocenters. The van der Waals surface area contributed by atoms with Crippen molar-refractivity contribution in [2.75, 3.05) is 29.9 Å². The van der Waals surface area contributed by atoms with Crippen LogP contribution in [0.4, 0.5) is 11.5 Å². The number of anilines is 2. The van der Waals surface area contributed by atoms with Crippen molar-refractivity contribution in [1.82, 2.24) is 15.1 Å². The van der Waals surface area contributed by atoms with Crippen LogP contribution in [0, 0.1) is 12.8 Å². The molecule has 1 saturated heterocycles. The number of halogens is 1. The lowest BCUT2D eigenvalue weighted by atomic mass is 9.95. The molecule has 2 amide bonds. The zero-order valence-electron chi connectivity index (χ0n) is 17.9. The van der Waals surface area contributed by atoms with Gasteiger partial charge in [0.05, 0.1) is 11.4 Å². The van der Waals surface area contributed by atoms with E-state index < -0.39 is 0 Å². The minimum atomic E-state index is -0.0520. The fourth-order valence-electron chi connectivity index (χ4n) is 3.69. The lowest BCUT2D eigenvalue weighted by Crippen LogP contribution is -2.41. The molecule has 0 unspecified atom stereocenters. The molecule has 0 spiro atoms. The average molecular weight is 432 g/mol. The van der Waals surface area contributed by atoms with E-state index in [1.807, 2.05) is 42.8 Å². The van der Waals surface area contributed by atoms with Crippen LogP contribution < -0.4 is 15.5 Å². The maximum Gasteiger partial charge on any atom is 0.224 e. The maximum atomic E-state index is 12.4. The van der Waals surface area contributed by atoms with Crippen molar-refractivity contribution in [2.45, 2.75) is 46.5 Å². The quantitative estimate of drug-likeness (QED) is 0.696. The SMILES string of the molecule is CCCNC(=O)C1CCN(c2c(NC(=O)CC)c(C)nn2-c2ccc(Cl)cc2)CC1. The Bertz CT molecular complexity index is 886. The Hall–Kier alpha value is -2.54. The van der Waals surface area contributed by atoms with Gasteiger partial charge in [0.15, 0.2) is 5.82 Å². The molecule has 0 bridgehead atoms. The molecule has 2 aromatic rings. The van der Waals surface area contributed by atoms with Crippen molar-refractivity contribution < 1.29 is 9.59 Å². The Labute approximate surface area is 182 Å². The number of hydrogen-bond donors (Lipinski definition) is 2. The number of rotatable bonds is 7. The Morgan fingerprint density at radius 3 is 2.43 bits per heavy atom. The molecule has 162 valence electrons. The first-order valence-corrected chi connectivity index (χ1v) is 11.0. The molecular formula is C22H30ClN5O2. The number of carbonyl (C=O) groups is 2. The van der Waals surface area contributed by atoms with Gasteiger partial charge >= 0.3 is 0 Å². The lowest BCUT2D eigenvalue weighted by Gasteiger charge is -2.33. The molecule has 1 aliphatic rings. The molecule has 2 N–H and O–H groups in total. The summed E-state index contributed by atoms with van der Waals surface area (Å²) in [5.74, 6) is 0.959. The van der Waals surface area contributed by atoms with E-state index in [0.29, 0.717) is 11.4 Å².